The zero-order valence-corrected chi connectivity index (χ0v) is 18.1. The van der Waals surface area contributed by atoms with Crippen LogP contribution in [-0.4, -0.2) is 133 Å². The third kappa shape index (κ3) is 19.4. The van der Waals surface area contributed by atoms with Gasteiger partial charge in [-0.3, -0.25) is 9.59 Å². The van der Waals surface area contributed by atoms with Crippen LogP contribution in [0.15, 0.2) is 0 Å². The minimum Gasteiger partial charge on any atom is -0.481 e. The van der Waals surface area contributed by atoms with E-state index >= 15 is 0 Å². The maximum atomic E-state index is 10.3. The van der Waals surface area contributed by atoms with E-state index in [-0.39, 0.29) is 18.5 Å². The number of rotatable bonds is 11. The van der Waals surface area contributed by atoms with Gasteiger partial charge in [-0.25, -0.2) is 24.0 Å². The molecule has 21 N–H and O–H groups in total. The molecule has 0 amide bonds. The van der Waals surface area contributed by atoms with Crippen molar-refractivity contribution in [3.63, 3.8) is 0 Å². The van der Waals surface area contributed by atoms with Gasteiger partial charge >= 0.3 is 41.8 Å². The van der Waals surface area contributed by atoms with Crippen LogP contribution in [0.3, 0.4) is 0 Å². The number of hydrogen-bond acceptors (Lipinski definition) is 15. The van der Waals surface area contributed by atoms with Gasteiger partial charge in [-0.1, -0.05) is 0 Å². The molecule has 0 rings (SSSR count). The van der Waals surface area contributed by atoms with Gasteiger partial charge in [0.15, 0.2) is 30.0 Å². The van der Waals surface area contributed by atoms with Crippen molar-refractivity contribution in [2.45, 2.75) is 42.9 Å². The number of carboxylic acids is 7. The molecule has 0 bridgehead atoms. The Bertz CT molecular complexity index is 668. The Kier molecular flexibility index (Phi) is 25.7. The molecular weight excluding hydrogens is 514 g/mol. The molecule has 0 spiro atoms. The van der Waals surface area contributed by atoms with Crippen LogP contribution in [0.4, 0.5) is 0 Å². The summed E-state index contributed by atoms with van der Waals surface area (Å²) in [6, 6.07) is 0. The number of aliphatic hydroxyl groups excluding tert-OH is 4. The fraction of sp³-hybridized carbons (Fsp3) is 0.500. The average molecular weight is 543 g/mol. The first-order valence-electron chi connectivity index (χ1n) is 7.74. The van der Waals surface area contributed by atoms with Crippen molar-refractivity contribution in [2.75, 3.05) is 0 Å². The summed E-state index contributed by atoms with van der Waals surface area (Å²) in [6.07, 6.45) is -11.4. The molecule has 0 saturated heterocycles. The molecule has 214 valence electrons. The third-order valence-electron chi connectivity index (χ3n) is 2.90. The fourth-order valence-corrected chi connectivity index (χ4v) is 1.25. The SMILES string of the molecule is N.N.N.O=C(O)C(O)C(O)C(=O)O.O=C(O)C(O)C(O)C(=O)O.O=C(O)CC(O)(CC(=O)O)C(=O)O. The van der Waals surface area contributed by atoms with Crippen LogP contribution in [0, 0.1) is 0 Å². The maximum absolute atomic E-state index is 10.3. The lowest BCUT2D eigenvalue weighted by Crippen LogP contribution is -2.42. The summed E-state index contributed by atoms with van der Waals surface area (Å²) >= 11 is 0. The van der Waals surface area contributed by atoms with Gasteiger partial charge in [0.1, 0.15) is 0 Å². The van der Waals surface area contributed by atoms with Crippen LogP contribution in [0.1, 0.15) is 12.8 Å². The monoisotopic (exact) mass is 543 g/mol. The number of hydrogen-bond donors (Lipinski definition) is 15. The molecule has 0 aromatic heterocycles. The highest BCUT2D eigenvalue weighted by Gasteiger charge is 2.40. The molecule has 0 aliphatic heterocycles. The Morgan fingerprint density at radius 2 is 0.639 bits per heavy atom. The molecule has 22 nitrogen and oxygen atoms in total. The van der Waals surface area contributed by atoms with E-state index in [1.807, 2.05) is 0 Å². The molecule has 0 fully saturated rings. The van der Waals surface area contributed by atoms with Crippen LogP contribution in [0.5, 0.6) is 0 Å². The minimum atomic E-state index is -2.74. The van der Waals surface area contributed by atoms with Crippen molar-refractivity contribution < 1.29 is 94.8 Å². The second kappa shape index (κ2) is 20.4. The highest BCUT2D eigenvalue weighted by molar-refractivity contribution is 5.88. The summed E-state index contributed by atoms with van der Waals surface area (Å²) in [5.41, 5.74) is -2.74. The molecule has 0 aromatic carbocycles. The van der Waals surface area contributed by atoms with Gasteiger partial charge in [0, 0.05) is 0 Å². The fourth-order valence-electron chi connectivity index (χ4n) is 1.25. The lowest BCUT2D eigenvalue weighted by Gasteiger charge is -2.18. The van der Waals surface area contributed by atoms with Gasteiger partial charge in [0.05, 0.1) is 12.8 Å². The highest BCUT2D eigenvalue weighted by atomic mass is 16.4. The van der Waals surface area contributed by atoms with Crippen LogP contribution in [0.2, 0.25) is 0 Å². The lowest BCUT2D eigenvalue weighted by atomic mass is 9.96. The number of carboxylic acid groups (broad SMARTS) is 7. The molecule has 0 aromatic rings. The molecule has 0 aliphatic carbocycles. The minimum absolute atomic E-state index is 0. The average Bonchev–Trinajstić information content (AvgIpc) is 2.64. The van der Waals surface area contributed by atoms with Gasteiger partial charge in [-0.2, -0.15) is 0 Å². The largest absolute Gasteiger partial charge is 0.481 e. The standard InChI is InChI=1S/C6H8O7.2C4H6O6.3H3N/c7-3(8)1-6(13,5(11)12)2-4(9)10;2*5-1(3(7)8)2(6)4(9)10;;;/h13H,1-2H2,(H,7,8)(H,9,10)(H,11,12);2*1-2,5-6H,(H,7,8)(H,9,10);3*1H3. The summed E-state index contributed by atoms with van der Waals surface area (Å²) in [4.78, 5) is 69.6. The molecule has 36 heavy (non-hydrogen) atoms. The first-order chi connectivity index (χ1) is 14.7. The number of carbonyl (C=O) groups is 7. The smallest absolute Gasteiger partial charge is 0.336 e. The van der Waals surface area contributed by atoms with E-state index in [0.717, 1.165) is 0 Å². The van der Waals surface area contributed by atoms with Crippen molar-refractivity contribution in [1.82, 2.24) is 18.5 Å². The predicted molar refractivity (Wildman–Crippen MR) is 107 cm³/mol. The molecule has 0 aliphatic rings. The van der Waals surface area contributed by atoms with E-state index in [0.29, 0.717) is 0 Å². The van der Waals surface area contributed by atoms with E-state index in [1.165, 1.54) is 0 Å². The zero-order chi connectivity index (χ0) is 27.3. The molecule has 4 atom stereocenters. The Hall–Kier alpha value is -4.03. The van der Waals surface area contributed by atoms with Crippen LogP contribution in [-0.2, 0) is 33.6 Å². The van der Waals surface area contributed by atoms with Crippen LogP contribution < -0.4 is 18.5 Å². The Labute approximate surface area is 199 Å². The Morgan fingerprint density at radius 3 is 0.722 bits per heavy atom. The van der Waals surface area contributed by atoms with E-state index in [2.05, 4.69) is 0 Å². The molecular formula is C14H29N3O19. The molecule has 0 heterocycles. The van der Waals surface area contributed by atoms with E-state index in [9.17, 15) is 33.6 Å². The number of aliphatic hydroxyl groups is 5. The van der Waals surface area contributed by atoms with E-state index in [4.69, 9.17) is 61.3 Å². The molecule has 22 heteroatoms. The van der Waals surface area contributed by atoms with Gasteiger partial charge in [0.2, 0.25) is 0 Å². The predicted octanol–water partition coefficient (Wildman–Crippen LogP) is -5.01. The van der Waals surface area contributed by atoms with Crippen molar-refractivity contribution in [3.05, 3.63) is 0 Å². The number of aliphatic carboxylic acids is 7. The van der Waals surface area contributed by atoms with Crippen LogP contribution >= 0.6 is 0 Å². The van der Waals surface area contributed by atoms with Crippen LogP contribution in [0.25, 0.3) is 0 Å². The van der Waals surface area contributed by atoms with Crippen molar-refractivity contribution in [1.29, 1.82) is 0 Å². The second-order valence-corrected chi connectivity index (χ2v) is 5.61. The van der Waals surface area contributed by atoms with E-state index in [1.54, 1.807) is 0 Å². The summed E-state index contributed by atoms with van der Waals surface area (Å²) in [5, 5.41) is 98.9. The molecule has 0 saturated carbocycles. The summed E-state index contributed by atoms with van der Waals surface area (Å²) in [6.45, 7) is 0. The highest BCUT2D eigenvalue weighted by Crippen LogP contribution is 2.15. The normalized spacial score (nSPS) is 12.7. The van der Waals surface area contributed by atoms with E-state index < -0.39 is 84.6 Å². The van der Waals surface area contributed by atoms with Gasteiger partial charge < -0.3 is 79.7 Å². The second-order valence-electron chi connectivity index (χ2n) is 5.61. The summed E-state index contributed by atoms with van der Waals surface area (Å²) < 4.78 is 0. The third-order valence-corrected chi connectivity index (χ3v) is 2.90. The van der Waals surface area contributed by atoms with Gasteiger partial charge in [0.25, 0.3) is 0 Å². The quantitative estimate of drug-likeness (QED) is 0.116. The first kappa shape index (κ1) is 45.5. The van der Waals surface area contributed by atoms with Crippen molar-refractivity contribution >= 4 is 41.8 Å². The first-order valence-corrected chi connectivity index (χ1v) is 7.74. The van der Waals surface area contributed by atoms with Gasteiger partial charge in [-0.05, 0) is 0 Å². The van der Waals surface area contributed by atoms with Crippen molar-refractivity contribution in [2.24, 2.45) is 0 Å². The lowest BCUT2D eigenvalue weighted by molar-refractivity contribution is -0.170. The van der Waals surface area contributed by atoms with Gasteiger partial charge in [-0.15, -0.1) is 0 Å². The maximum Gasteiger partial charge on any atom is 0.336 e. The Balaban J connectivity index is -0.0000000911. The zero-order valence-electron chi connectivity index (χ0n) is 18.1. The Morgan fingerprint density at radius 1 is 0.472 bits per heavy atom. The summed E-state index contributed by atoms with van der Waals surface area (Å²) in [7, 11) is 0. The van der Waals surface area contributed by atoms with Crippen molar-refractivity contribution in [3.8, 4) is 0 Å². The molecule has 4 unspecified atom stereocenters. The molecule has 0 radical (unpaired) electrons. The topological polar surface area (TPSA) is 467 Å². The summed E-state index contributed by atoms with van der Waals surface area (Å²) in [5.74, 6) is -12.1.